The van der Waals surface area contributed by atoms with Crippen LogP contribution in [0.3, 0.4) is 0 Å². The lowest BCUT2D eigenvalue weighted by Gasteiger charge is -2.34. The normalized spacial score (nSPS) is 21.1. The number of amides is 1. The molecule has 0 saturated carbocycles. The topological polar surface area (TPSA) is 77.1 Å². The predicted molar refractivity (Wildman–Crippen MR) is 94.4 cm³/mol. The molecule has 26 heavy (non-hydrogen) atoms. The summed E-state index contributed by atoms with van der Waals surface area (Å²) in [4.78, 5) is 23.8. The number of nitrogens with zero attached hydrogens (tertiary/aromatic N) is 5. The number of rotatable bonds is 2. The zero-order chi connectivity index (χ0) is 17.5. The van der Waals surface area contributed by atoms with Gasteiger partial charge in [-0.3, -0.25) is 4.79 Å². The van der Waals surface area contributed by atoms with E-state index >= 15 is 0 Å². The third-order valence-corrected chi connectivity index (χ3v) is 5.62. The number of carbonyl (C=O) groups is 1. The number of oxazole rings is 1. The van der Waals surface area contributed by atoms with E-state index in [1.165, 1.54) is 0 Å². The number of piperidine rings is 1. The number of likely N-dealkylation sites (tertiary alicyclic amines) is 1. The first-order valence-electron chi connectivity index (χ1n) is 9.29. The highest BCUT2D eigenvalue weighted by molar-refractivity contribution is 5.79. The molecule has 134 valence electrons. The van der Waals surface area contributed by atoms with E-state index in [0.717, 1.165) is 61.6 Å². The van der Waals surface area contributed by atoms with Crippen molar-refractivity contribution in [3.8, 4) is 0 Å². The molecular weight excluding hydrogens is 330 g/mol. The molecule has 1 atom stereocenters. The molecule has 7 nitrogen and oxygen atoms in total. The van der Waals surface area contributed by atoms with Gasteiger partial charge in [0.2, 0.25) is 5.91 Å². The van der Waals surface area contributed by atoms with Crippen molar-refractivity contribution in [2.75, 3.05) is 13.1 Å². The second kappa shape index (κ2) is 6.23. The largest absolute Gasteiger partial charge is 0.440 e. The molecule has 0 radical (unpaired) electrons. The van der Waals surface area contributed by atoms with Crippen LogP contribution in [0.4, 0.5) is 0 Å². The lowest BCUT2D eigenvalue weighted by atomic mass is 9.93. The highest BCUT2D eigenvalue weighted by atomic mass is 16.3. The molecule has 0 spiro atoms. The maximum atomic E-state index is 12.9. The van der Waals surface area contributed by atoms with Gasteiger partial charge in [-0.2, -0.15) is 5.10 Å². The van der Waals surface area contributed by atoms with Crippen LogP contribution in [0.5, 0.6) is 0 Å². The quantitative estimate of drug-likeness (QED) is 0.708. The minimum absolute atomic E-state index is 0.0186. The summed E-state index contributed by atoms with van der Waals surface area (Å²) in [6, 6.07) is 7.86. The Morgan fingerprint density at radius 1 is 1.15 bits per heavy atom. The standard InChI is InChI=1S/C19H21N5O2/c25-19(14-5-6-17-20-12-21-24(17)11-14)23-9-7-13(8-10-23)18-22-15-3-1-2-4-16(15)26-18/h1-4,12-14H,5-11H2. The Morgan fingerprint density at radius 3 is 2.85 bits per heavy atom. The number of hydrogen-bond acceptors (Lipinski definition) is 5. The van der Waals surface area contributed by atoms with E-state index in [4.69, 9.17) is 4.42 Å². The molecule has 0 aliphatic carbocycles. The zero-order valence-electron chi connectivity index (χ0n) is 14.5. The van der Waals surface area contributed by atoms with Crippen LogP contribution >= 0.6 is 0 Å². The molecule has 4 heterocycles. The maximum Gasteiger partial charge on any atom is 0.227 e. The van der Waals surface area contributed by atoms with Gasteiger partial charge in [-0.1, -0.05) is 12.1 Å². The highest BCUT2D eigenvalue weighted by Crippen LogP contribution is 2.31. The average molecular weight is 351 g/mol. The van der Waals surface area contributed by atoms with Crippen molar-refractivity contribution in [1.29, 1.82) is 0 Å². The number of aromatic nitrogens is 4. The fourth-order valence-electron chi connectivity index (χ4n) is 4.11. The van der Waals surface area contributed by atoms with Crippen LogP contribution in [0.15, 0.2) is 35.0 Å². The molecular formula is C19H21N5O2. The van der Waals surface area contributed by atoms with Crippen molar-refractivity contribution in [3.05, 3.63) is 42.3 Å². The van der Waals surface area contributed by atoms with Crippen LogP contribution in [0.25, 0.3) is 11.1 Å². The third-order valence-electron chi connectivity index (χ3n) is 5.62. The summed E-state index contributed by atoms with van der Waals surface area (Å²) >= 11 is 0. The first-order chi connectivity index (χ1) is 12.8. The van der Waals surface area contributed by atoms with Crippen molar-refractivity contribution in [2.24, 2.45) is 5.92 Å². The summed E-state index contributed by atoms with van der Waals surface area (Å²) in [6.07, 6.45) is 5.08. The fourth-order valence-corrected chi connectivity index (χ4v) is 4.11. The van der Waals surface area contributed by atoms with Crippen molar-refractivity contribution >= 4 is 17.0 Å². The number of para-hydroxylation sites is 2. The second-order valence-electron chi connectivity index (χ2n) is 7.21. The number of benzene rings is 1. The van der Waals surface area contributed by atoms with Crippen molar-refractivity contribution in [1.82, 2.24) is 24.6 Å². The zero-order valence-corrected chi connectivity index (χ0v) is 14.5. The van der Waals surface area contributed by atoms with Crippen LogP contribution in [0.2, 0.25) is 0 Å². The molecule has 0 N–H and O–H groups in total. The summed E-state index contributed by atoms with van der Waals surface area (Å²) in [6.45, 7) is 2.19. The molecule has 2 aliphatic rings. The van der Waals surface area contributed by atoms with Gasteiger partial charge in [0.1, 0.15) is 17.7 Å². The smallest absolute Gasteiger partial charge is 0.227 e. The molecule has 1 amide bonds. The molecule has 2 aromatic heterocycles. The van der Waals surface area contributed by atoms with Crippen LogP contribution in [0.1, 0.15) is 36.9 Å². The number of carbonyl (C=O) groups excluding carboxylic acids is 1. The molecule has 1 unspecified atom stereocenters. The van der Waals surface area contributed by atoms with Gasteiger partial charge in [0.05, 0.1) is 12.5 Å². The Kier molecular flexibility index (Phi) is 3.72. The summed E-state index contributed by atoms with van der Waals surface area (Å²) in [7, 11) is 0. The van der Waals surface area contributed by atoms with E-state index in [2.05, 4.69) is 15.1 Å². The van der Waals surface area contributed by atoms with Crippen molar-refractivity contribution < 1.29 is 9.21 Å². The SMILES string of the molecule is O=C(C1CCc2ncnn2C1)N1CCC(c2nc3ccccc3o2)CC1. The Balaban J connectivity index is 1.23. The molecule has 5 rings (SSSR count). The monoisotopic (exact) mass is 351 g/mol. The van der Waals surface area contributed by atoms with Gasteiger partial charge in [0.15, 0.2) is 11.5 Å². The van der Waals surface area contributed by atoms with E-state index in [9.17, 15) is 4.79 Å². The van der Waals surface area contributed by atoms with Crippen LogP contribution in [-0.4, -0.2) is 43.6 Å². The lowest BCUT2D eigenvalue weighted by Crippen LogP contribution is -2.43. The maximum absolute atomic E-state index is 12.9. The van der Waals surface area contributed by atoms with Gasteiger partial charge in [-0.15, -0.1) is 0 Å². The summed E-state index contributed by atoms with van der Waals surface area (Å²) in [5.74, 6) is 2.36. The van der Waals surface area contributed by atoms with E-state index in [-0.39, 0.29) is 11.8 Å². The third kappa shape index (κ3) is 2.67. The van der Waals surface area contributed by atoms with Crippen LogP contribution < -0.4 is 0 Å². The molecule has 3 aromatic rings. The second-order valence-corrected chi connectivity index (χ2v) is 7.21. The van der Waals surface area contributed by atoms with E-state index in [1.807, 2.05) is 33.8 Å². The lowest BCUT2D eigenvalue weighted by molar-refractivity contribution is -0.137. The van der Waals surface area contributed by atoms with Gasteiger partial charge in [-0.05, 0) is 31.4 Å². The Hall–Kier alpha value is -2.70. The predicted octanol–water partition coefficient (Wildman–Crippen LogP) is 2.39. The molecule has 7 heteroatoms. The summed E-state index contributed by atoms with van der Waals surface area (Å²) < 4.78 is 7.79. The molecule has 1 saturated heterocycles. The van der Waals surface area contributed by atoms with E-state index in [0.29, 0.717) is 12.5 Å². The Morgan fingerprint density at radius 2 is 2.00 bits per heavy atom. The fraction of sp³-hybridized carbons (Fsp3) is 0.474. The van der Waals surface area contributed by atoms with Crippen LogP contribution in [0, 0.1) is 5.92 Å². The van der Waals surface area contributed by atoms with E-state index < -0.39 is 0 Å². The van der Waals surface area contributed by atoms with Gasteiger partial charge in [-0.25, -0.2) is 14.6 Å². The Bertz CT molecular complexity index is 905. The van der Waals surface area contributed by atoms with Gasteiger partial charge in [0, 0.05) is 25.4 Å². The molecule has 1 aromatic carbocycles. The van der Waals surface area contributed by atoms with Crippen molar-refractivity contribution in [3.63, 3.8) is 0 Å². The van der Waals surface area contributed by atoms with Crippen molar-refractivity contribution in [2.45, 2.75) is 38.1 Å². The first kappa shape index (κ1) is 15.5. The number of fused-ring (bicyclic) bond motifs is 2. The molecule has 2 aliphatic heterocycles. The first-order valence-corrected chi connectivity index (χ1v) is 9.29. The molecule has 0 bridgehead atoms. The van der Waals surface area contributed by atoms with Gasteiger partial charge in [0.25, 0.3) is 0 Å². The number of aryl methyl sites for hydroxylation is 1. The summed E-state index contributed by atoms with van der Waals surface area (Å²) in [5.41, 5.74) is 1.75. The average Bonchev–Trinajstić information content (AvgIpc) is 3.33. The highest BCUT2D eigenvalue weighted by Gasteiger charge is 2.32. The van der Waals surface area contributed by atoms with Gasteiger partial charge < -0.3 is 9.32 Å². The minimum Gasteiger partial charge on any atom is -0.440 e. The Labute approximate surface area is 151 Å². The van der Waals surface area contributed by atoms with E-state index in [1.54, 1.807) is 6.33 Å². The summed E-state index contributed by atoms with van der Waals surface area (Å²) in [5, 5.41) is 4.22. The van der Waals surface area contributed by atoms with Crippen LogP contribution in [-0.2, 0) is 17.8 Å². The number of hydrogen-bond donors (Lipinski definition) is 0. The van der Waals surface area contributed by atoms with Gasteiger partial charge >= 0.3 is 0 Å². The minimum atomic E-state index is 0.0186. The molecule has 1 fully saturated rings.